The number of nitrogens with one attached hydrogen (secondary N) is 1. The summed E-state index contributed by atoms with van der Waals surface area (Å²) in [7, 11) is 0. The number of para-hydroxylation sites is 1. The van der Waals surface area contributed by atoms with Gasteiger partial charge in [-0.3, -0.25) is 14.5 Å². The highest BCUT2D eigenvalue weighted by molar-refractivity contribution is 5.94. The van der Waals surface area contributed by atoms with E-state index in [2.05, 4.69) is 51.2 Å². The number of benzene rings is 1. The summed E-state index contributed by atoms with van der Waals surface area (Å²) in [4.78, 5) is 25.6. The van der Waals surface area contributed by atoms with Crippen LogP contribution in [0.4, 0.5) is 5.69 Å². The predicted octanol–water partition coefficient (Wildman–Crippen LogP) is 3.67. The highest BCUT2D eigenvalue weighted by Crippen LogP contribution is 2.32. The fourth-order valence-corrected chi connectivity index (χ4v) is 3.42. The van der Waals surface area contributed by atoms with E-state index >= 15 is 0 Å². The maximum atomic E-state index is 12.6. The van der Waals surface area contributed by atoms with E-state index in [0.29, 0.717) is 44.3 Å². The number of hydrogen-bond donors (Lipinski definition) is 2. The average Bonchev–Trinajstić information content (AvgIpc) is 2.54. The maximum Gasteiger partial charge on any atom is 0.306 e. The predicted molar refractivity (Wildman–Crippen MR) is 100 cm³/mol. The number of anilines is 1. The van der Waals surface area contributed by atoms with Crippen LogP contribution in [0.2, 0.25) is 0 Å². The average molecular weight is 346 g/mol. The number of piperidine rings is 1. The van der Waals surface area contributed by atoms with Gasteiger partial charge in [0, 0.05) is 5.69 Å². The molecule has 0 aliphatic carbocycles. The van der Waals surface area contributed by atoms with Crippen molar-refractivity contribution in [1.29, 1.82) is 0 Å². The van der Waals surface area contributed by atoms with Crippen molar-refractivity contribution in [2.24, 2.45) is 5.92 Å². The minimum Gasteiger partial charge on any atom is -0.481 e. The van der Waals surface area contributed by atoms with Gasteiger partial charge in [-0.1, -0.05) is 45.9 Å². The van der Waals surface area contributed by atoms with Crippen molar-refractivity contribution in [3.05, 3.63) is 29.3 Å². The van der Waals surface area contributed by atoms with Crippen LogP contribution >= 0.6 is 0 Å². The number of hydrogen-bond acceptors (Lipinski definition) is 3. The van der Waals surface area contributed by atoms with Crippen molar-refractivity contribution in [2.45, 2.75) is 52.4 Å². The summed E-state index contributed by atoms with van der Waals surface area (Å²) in [6.45, 7) is 10.2. The third-order valence-corrected chi connectivity index (χ3v) is 4.94. The smallest absolute Gasteiger partial charge is 0.306 e. The molecule has 0 saturated carbocycles. The second-order valence-corrected chi connectivity index (χ2v) is 7.56. The summed E-state index contributed by atoms with van der Waals surface area (Å²) >= 11 is 0. The molecule has 1 aromatic rings. The number of carbonyl (C=O) groups excluding carboxylic acids is 1. The van der Waals surface area contributed by atoms with Gasteiger partial charge in [-0.25, -0.2) is 0 Å². The maximum absolute atomic E-state index is 12.6. The number of aliphatic carboxylic acids is 1. The van der Waals surface area contributed by atoms with E-state index in [1.165, 1.54) is 0 Å². The van der Waals surface area contributed by atoms with Crippen LogP contribution in [0.3, 0.4) is 0 Å². The second-order valence-electron chi connectivity index (χ2n) is 7.56. The molecule has 5 heteroatoms. The summed E-state index contributed by atoms with van der Waals surface area (Å²) in [5.41, 5.74) is 3.26. The van der Waals surface area contributed by atoms with Crippen molar-refractivity contribution in [2.75, 3.05) is 25.0 Å². The molecular weight excluding hydrogens is 316 g/mol. The Labute approximate surface area is 150 Å². The summed E-state index contributed by atoms with van der Waals surface area (Å²) in [5.74, 6) is -0.352. The Kier molecular flexibility index (Phi) is 6.59. The SMILES string of the molecule is CC(C)c1cccc(C(C)C)c1NC(=O)CN1CCC(C(=O)O)CC1. The number of carboxylic acids is 1. The number of likely N-dealkylation sites (tertiary alicyclic amines) is 1. The lowest BCUT2D eigenvalue weighted by Gasteiger charge is -2.29. The molecule has 2 rings (SSSR count). The number of nitrogens with zero attached hydrogens (tertiary/aromatic N) is 1. The summed E-state index contributed by atoms with van der Waals surface area (Å²) in [5, 5.41) is 12.2. The fourth-order valence-electron chi connectivity index (χ4n) is 3.42. The molecule has 25 heavy (non-hydrogen) atoms. The van der Waals surface area contributed by atoms with Crippen molar-refractivity contribution in [3.8, 4) is 0 Å². The normalized spacial score (nSPS) is 16.4. The van der Waals surface area contributed by atoms with Crippen LogP contribution in [0.1, 0.15) is 63.5 Å². The Morgan fingerprint density at radius 2 is 1.64 bits per heavy atom. The molecule has 1 heterocycles. The van der Waals surface area contributed by atoms with E-state index in [1.807, 2.05) is 4.90 Å². The molecule has 1 saturated heterocycles. The van der Waals surface area contributed by atoms with Gasteiger partial charge in [-0.15, -0.1) is 0 Å². The Morgan fingerprint density at radius 1 is 1.12 bits per heavy atom. The van der Waals surface area contributed by atoms with E-state index in [4.69, 9.17) is 5.11 Å². The minimum atomic E-state index is -0.725. The monoisotopic (exact) mass is 346 g/mol. The van der Waals surface area contributed by atoms with Gasteiger partial charge in [0.15, 0.2) is 0 Å². The van der Waals surface area contributed by atoms with Crippen molar-refractivity contribution in [3.63, 3.8) is 0 Å². The lowest BCUT2D eigenvalue weighted by Crippen LogP contribution is -2.40. The zero-order valence-electron chi connectivity index (χ0n) is 15.7. The summed E-state index contributed by atoms with van der Waals surface area (Å²) in [6.07, 6.45) is 1.23. The number of rotatable bonds is 6. The first-order valence-corrected chi connectivity index (χ1v) is 9.17. The Bertz CT molecular complexity index is 591. The molecule has 1 aliphatic rings. The van der Waals surface area contributed by atoms with Gasteiger partial charge in [0.2, 0.25) is 5.91 Å². The molecular formula is C20H30N2O3. The Balaban J connectivity index is 2.04. The van der Waals surface area contributed by atoms with Gasteiger partial charge in [0.1, 0.15) is 0 Å². The largest absolute Gasteiger partial charge is 0.481 e. The van der Waals surface area contributed by atoms with Crippen LogP contribution < -0.4 is 5.32 Å². The molecule has 138 valence electrons. The molecule has 0 radical (unpaired) electrons. The molecule has 1 aromatic carbocycles. The summed E-state index contributed by atoms with van der Waals surface area (Å²) in [6, 6.07) is 6.20. The lowest BCUT2D eigenvalue weighted by atomic mass is 9.92. The molecule has 2 N–H and O–H groups in total. The molecule has 0 spiro atoms. The van der Waals surface area contributed by atoms with Gasteiger partial charge in [0.05, 0.1) is 12.5 Å². The topological polar surface area (TPSA) is 69.6 Å². The quantitative estimate of drug-likeness (QED) is 0.824. The van der Waals surface area contributed by atoms with E-state index < -0.39 is 5.97 Å². The number of carbonyl (C=O) groups is 2. The van der Waals surface area contributed by atoms with Crippen LogP contribution in [0, 0.1) is 5.92 Å². The molecule has 0 unspecified atom stereocenters. The first-order chi connectivity index (χ1) is 11.8. The van der Waals surface area contributed by atoms with Crippen molar-refractivity contribution >= 4 is 17.6 Å². The third-order valence-electron chi connectivity index (χ3n) is 4.94. The zero-order valence-corrected chi connectivity index (χ0v) is 15.7. The lowest BCUT2D eigenvalue weighted by molar-refractivity contribution is -0.143. The van der Waals surface area contributed by atoms with E-state index in [-0.39, 0.29) is 11.8 Å². The highest BCUT2D eigenvalue weighted by Gasteiger charge is 2.26. The van der Waals surface area contributed by atoms with Gasteiger partial charge < -0.3 is 10.4 Å². The first kappa shape index (κ1) is 19.4. The van der Waals surface area contributed by atoms with Crippen LogP contribution in [-0.4, -0.2) is 41.5 Å². The first-order valence-electron chi connectivity index (χ1n) is 9.17. The van der Waals surface area contributed by atoms with Crippen LogP contribution in [-0.2, 0) is 9.59 Å². The molecule has 1 fully saturated rings. The number of carboxylic acid groups (broad SMARTS) is 1. The van der Waals surface area contributed by atoms with Gasteiger partial charge in [0.25, 0.3) is 0 Å². The van der Waals surface area contributed by atoms with E-state index in [9.17, 15) is 9.59 Å². The van der Waals surface area contributed by atoms with Crippen LogP contribution in [0.5, 0.6) is 0 Å². The highest BCUT2D eigenvalue weighted by atomic mass is 16.4. The standard InChI is InChI=1S/C20H30N2O3/c1-13(2)16-6-5-7-17(14(3)4)19(16)21-18(23)12-22-10-8-15(9-11-22)20(24)25/h5-7,13-15H,8-12H2,1-4H3,(H,21,23)(H,24,25). The second kappa shape index (κ2) is 8.48. The van der Waals surface area contributed by atoms with Gasteiger partial charge >= 0.3 is 5.97 Å². The minimum absolute atomic E-state index is 0.0243. The van der Waals surface area contributed by atoms with Crippen LogP contribution in [0.15, 0.2) is 18.2 Å². The van der Waals surface area contributed by atoms with Crippen molar-refractivity contribution in [1.82, 2.24) is 4.90 Å². The van der Waals surface area contributed by atoms with Crippen molar-refractivity contribution < 1.29 is 14.7 Å². The number of amides is 1. The van der Waals surface area contributed by atoms with Gasteiger partial charge in [-0.2, -0.15) is 0 Å². The zero-order chi connectivity index (χ0) is 18.6. The Hall–Kier alpha value is -1.88. The molecule has 1 amide bonds. The molecule has 0 bridgehead atoms. The molecule has 0 aromatic heterocycles. The van der Waals surface area contributed by atoms with E-state index in [1.54, 1.807) is 0 Å². The van der Waals surface area contributed by atoms with E-state index in [0.717, 1.165) is 16.8 Å². The molecule has 1 aliphatic heterocycles. The van der Waals surface area contributed by atoms with Crippen LogP contribution in [0.25, 0.3) is 0 Å². The molecule has 0 atom stereocenters. The molecule has 5 nitrogen and oxygen atoms in total. The fraction of sp³-hybridized carbons (Fsp3) is 0.600. The van der Waals surface area contributed by atoms with Gasteiger partial charge in [-0.05, 0) is 48.9 Å². The Morgan fingerprint density at radius 3 is 2.08 bits per heavy atom. The third kappa shape index (κ3) is 5.05. The summed E-state index contributed by atoms with van der Waals surface area (Å²) < 4.78 is 0.